The van der Waals surface area contributed by atoms with Gasteiger partial charge in [-0.2, -0.15) is 13.1 Å². The van der Waals surface area contributed by atoms with Crippen LogP contribution in [-0.4, -0.2) is 24.1 Å². The van der Waals surface area contributed by atoms with Crippen LogP contribution in [0.4, 0.5) is 0 Å². The van der Waals surface area contributed by atoms with E-state index in [1.165, 1.54) is 12.1 Å². The number of aromatic hydroxyl groups is 1. The number of thiazole rings is 1. The molecule has 2 N–H and O–H groups in total. The molecule has 2 heterocycles. The highest BCUT2D eigenvalue weighted by atomic mass is 32.2. The summed E-state index contributed by atoms with van der Waals surface area (Å²) in [6, 6.07) is 14.6. The Kier molecular flexibility index (Phi) is 4.17. The van der Waals surface area contributed by atoms with Crippen molar-refractivity contribution in [2.75, 3.05) is 4.83 Å². The second-order valence-corrected chi connectivity index (χ2v) is 8.88. The Labute approximate surface area is 162 Å². The largest absolute Gasteiger partial charge is 0.492 e. The number of carbonyl (C=O) groups is 1. The first-order valence-corrected chi connectivity index (χ1v) is 10.3. The van der Waals surface area contributed by atoms with E-state index in [1.54, 1.807) is 42.5 Å². The van der Waals surface area contributed by atoms with Crippen molar-refractivity contribution in [3.63, 3.8) is 0 Å². The van der Waals surface area contributed by atoms with Gasteiger partial charge in [0, 0.05) is 5.22 Å². The molecule has 1 aliphatic heterocycles. The number of benzene rings is 2. The summed E-state index contributed by atoms with van der Waals surface area (Å²) in [6.45, 7) is 0. The Morgan fingerprint density at radius 3 is 2.48 bits per heavy atom. The third-order valence-electron chi connectivity index (χ3n) is 3.89. The van der Waals surface area contributed by atoms with Crippen LogP contribution in [-0.2, 0) is 14.8 Å². The molecule has 0 spiro atoms. The van der Waals surface area contributed by atoms with Gasteiger partial charge in [-0.15, -0.1) is 0 Å². The highest BCUT2D eigenvalue weighted by Gasteiger charge is 2.26. The van der Waals surface area contributed by atoms with Crippen molar-refractivity contribution < 1.29 is 18.3 Å². The van der Waals surface area contributed by atoms with Crippen molar-refractivity contribution in [1.82, 2.24) is 4.68 Å². The second-order valence-electron chi connectivity index (χ2n) is 5.57. The number of carbonyl (C=O) groups excluding carboxylic acids is 1. The molecule has 0 radical (unpaired) electrons. The normalized spacial score (nSPS) is 13.3. The summed E-state index contributed by atoms with van der Waals surface area (Å²) in [5.74, 6) is -0.972. The molecule has 0 saturated heterocycles. The predicted molar refractivity (Wildman–Crippen MR) is 103 cm³/mol. The van der Waals surface area contributed by atoms with Crippen molar-refractivity contribution in [2.24, 2.45) is 4.99 Å². The topological polar surface area (TPSA) is 101 Å². The SMILES string of the molecule is O=C1N=c2ccccc2=C1c1sc(=S)n(NS(=O)(=O)c2ccccc2)c1O. The van der Waals surface area contributed by atoms with Gasteiger partial charge in [-0.1, -0.05) is 47.7 Å². The number of para-hydroxylation sites is 1. The quantitative estimate of drug-likeness (QED) is 0.623. The zero-order valence-corrected chi connectivity index (χ0v) is 15.9. The number of aromatic nitrogens is 1. The minimum atomic E-state index is -3.97. The summed E-state index contributed by atoms with van der Waals surface area (Å²) in [5, 5.41) is 11.6. The Morgan fingerprint density at radius 2 is 1.74 bits per heavy atom. The Bertz CT molecular complexity index is 1360. The third kappa shape index (κ3) is 2.97. The highest BCUT2D eigenvalue weighted by Crippen LogP contribution is 2.32. The smallest absolute Gasteiger partial charge is 0.279 e. The van der Waals surface area contributed by atoms with Gasteiger partial charge in [0.1, 0.15) is 4.88 Å². The van der Waals surface area contributed by atoms with Gasteiger partial charge in [-0.3, -0.25) is 4.79 Å². The highest BCUT2D eigenvalue weighted by molar-refractivity contribution is 7.92. The van der Waals surface area contributed by atoms with E-state index in [2.05, 4.69) is 9.82 Å². The molecule has 136 valence electrons. The average Bonchev–Trinajstić information content (AvgIpc) is 3.12. The standard InChI is InChI=1S/C17H11N3O4S3/c21-15-13(11-8-4-5-9-12(11)18-15)14-16(22)20(17(25)26-14)19-27(23,24)10-6-2-1-3-7-10/h1-9,19,22H. The summed E-state index contributed by atoms with van der Waals surface area (Å²) < 4.78 is 26.0. The van der Waals surface area contributed by atoms with Crippen LogP contribution >= 0.6 is 23.6 Å². The van der Waals surface area contributed by atoms with Crippen molar-refractivity contribution >= 4 is 45.1 Å². The summed E-state index contributed by atoms with van der Waals surface area (Å²) in [4.78, 5) is 18.7. The predicted octanol–water partition coefficient (Wildman–Crippen LogP) is 1.28. The Morgan fingerprint density at radius 1 is 1.07 bits per heavy atom. The molecule has 0 saturated carbocycles. The van der Waals surface area contributed by atoms with Crippen molar-refractivity contribution in [2.45, 2.75) is 4.90 Å². The summed E-state index contributed by atoms with van der Waals surface area (Å²) in [7, 11) is -3.97. The fraction of sp³-hybridized carbons (Fsp3) is 0. The number of nitrogens with zero attached hydrogens (tertiary/aromatic N) is 2. The molecule has 0 bridgehead atoms. The van der Waals surface area contributed by atoms with Crippen molar-refractivity contribution in [3.05, 3.63) is 74.0 Å². The molecule has 0 aliphatic carbocycles. The van der Waals surface area contributed by atoms with E-state index >= 15 is 0 Å². The maximum absolute atomic E-state index is 12.5. The molecule has 2 aromatic carbocycles. The van der Waals surface area contributed by atoms with Gasteiger partial charge in [0.15, 0.2) is 3.95 Å². The van der Waals surface area contributed by atoms with Crippen molar-refractivity contribution in [3.8, 4) is 5.88 Å². The average molecular weight is 417 g/mol. The summed E-state index contributed by atoms with van der Waals surface area (Å²) >= 11 is 6.11. The lowest BCUT2D eigenvalue weighted by atomic mass is 10.1. The van der Waals surface area contributed by atoms with Gasteiger partial charge < -0.3 is 5.11 Å². The monoisotopic (exact) mass is 417 g/mol. The fourth-order valence-corrected chi connectivity index (χ4v) is 5.08. The third-order valence-corrected chi connectivity index (χ3v) is 6.58. The van der Waals surface area contributed by atoms with E-state index in [0.717, 1.165) is 16.0 Å². The number of rotatable bonds is 4. The molecule has 0 atom stereocenters. The number of hydrogen-bond acceptors (Lipinski definition) is 6. The second kappa shape index (κ2) is 6.41. The summed E-state index contributed by atoms with van der Waals surface area (Å²) in [5.41, 5.74) is 0.192. The number of nitrogens with one attached hydrogen (secondary N) is 1. The van der Waals surface area contributed by atoms with Gasteiger partial charge in [0.05, 0.1) is 15.8 Å². The van der Waals surface area contributed by atoms with E-state index in [4.69, 9.17) is 12.2 Å². The van der Waals surface area contributed by atoms with Crippen LogP contribution in [0, 0.1) is 3.95 Å². The van der Waals surface area contributed by atoms with Crippen molar-refractivity contribution in [1.29, 1.82) is 0 Å². The number of amides is 1. The molecular formula is C17H11N3O4S3. The lowest BCUT2D eigenvalue weighted by Gasteiger charge is -2.09. The van der Waals surface area contributed by atoms with Crippen LogP contribution in [0.25, 0.3) is 5.57 Å². The van der Waals surface area contributed by atoms with Crippen LogP contribution < -0.4 is 15.4 Å². The first-order valence-electron chi connectivity index (χ1n) is 7.64. The van der Waals surface area contributed by atoms with Gasteiger partial charge in [-0.05, 0) is 30.4 Å². The minimum Gasteiger partial charge on any atom is -0.492 e. The minimum absolute atomic E-state index is 0.0176. The lowest BCUT2D eigenvalue weighted by molar-refractivity contribution is -0.112. The van der Waals surface area contributed by atoms with E-state index in [0.29, 0.717) is 10.6 Å². The molecule has 4 rings (SSSR count). The number of hydrogen-bond donors (Lipinski definition) is 2. The van der Waals surface area contributed by atoms with E-state index in [1.807, 2.05) is 0 Å². The molecule has 3 aromatic rings. The zero-order chi connectivity index (χ0) is 19.2. The molecule has 1 amide bonds. The molecule has 0 unspecified atom stereocenters. The molecular weight excluding hydrogens is 406 g/mol. The first kappa shape index (κ1) is 17.6. The fourth-order valence-electron chi connectivity index (χ4n) is 2.66. The van der Waals surface area contributed by atoms with Crippen LogP contribution in [0.5, 0.6) is 5.88 Å². The molecule has 1 aliphatic rings. The molecule has 7 nitrogen and oxygen atoms in total. The maximum Gasteiger partial charge on any atom is 0.279 e. The molecule has 27 heavy (non-hydrogen) atoms. The van der Waals surface area contributed by atoms with Crippen LogP contribution in [0.2, 0.25) is 0 Å². The molecule has 10 heteroatoms. The Hall–Kier alpha value is -2.82. The van der Waals surface area contributed by atoms with Crippen LogP contribution in [0.3, 0.4) is 0 Å². The van der Waals surface area contributed by atoms with Gasteiger partial charge in [-0.25, -0.2) is 9.82 Å². The lowest BCUT2D eigenvalue weighted by Crippen LogP contribution is -2.23. The zero-order valence-electron chi connectivity index (χ0n) is 13.5. The molecule has 1 aromatic heterocycles. The number of fused-ring (bicyclic) bond motifs is 1. The van der Waals surface area contributed by atoms with Gasteiger partial charge in [0.2, 0.25) is 5.88 Å². The summed E-state index contributed by atoms with van der Waals surface area (Å²) in [6.07, 6.45) is 0. The first-order chi connectivity index (χ1) is 12.9. The van der Waals surface area contributed by atoms with Crippen LogP contribution in [0.15, 0.2) is 64.5 Å². The van der Waals surface area contributed by atoms with E-state index in [9.17, 15) is 18.3 Å². The van der Waals surface area contributed by atoms with E-state index in [-0.39, 0.29) is 19.3 Å². The molecule has 0 fully saturated rings. The van der Waals surface area contributed by atoms with Gasteiger partial charge in [0.25, 0.3) is 15.9 Å². The van der Waals surface area contributed by atoms with E-state index < -0.39 is 21.8 Å². The van der Waals surface area contributed by atoms with Crippen LogP contribution in [0.1, 0.15) is 4.88 Å². The number of sulfonamides is 1. The maximum atomic E-state index is 12.5. The van der Waals surface area contributed by atoms with Gasteiger partial charge >= 0.3 is 0 Å². The Balaban J connectivity index is 1.85.